The van der Waals surface area contributed by atoms with Crippen LogP contribution in [0.3, 0.4) is 0 Å². The molecule has 0 aliphatic heterocycles. The molecule has 1 aromatic carbocycles. The quantitative estimate of drug-likeness (QED) is 0.795. The zero-order valence-corrected chi connectivity index (χ0v) is 9.23. The van der Waals surface area contributed by atoms with Gasteiger partial charge in [-0.2, -0.15) is 0 Å². The van der Waals surface area contributed by atoms with Crippen LogP contribution in [0.5, 0.6) is 0 Å². The monoisotopic (exact) mass is 214 g/mol. The third kappa shape index (κ3) is 2.10. The summed E-state index contributed by atoms with van der Waals surface area (Å²) < 4.78 is 5.38. The molecular formula is C14H14O2. The molecule has 2 nitrogen and oxygen atoms in total. The number of para-hydroxylation sites is 1. The van der Waals surface area contributed by atoms with Gasteiger partial charge in [-0.3, -0.25) is 0 Å². The molecule has 2 rings (SSSR count). The first-order valence-corrected chi connectivity index (χ1v) is 5.36. The maximum Gasteiger partial charge on any atom is 0.134 e. The smallest absolute Gasteiger partial charge is 0.134 e. The van der Waals surface area contributed by atoms with Gasteiger partial charge >= 0.3 is 0 Å². The lowest BCUT2D eigenvalue weighted by molar-refractivity contribution is 0.170. The van der Waals surface area contributed by atoms with Crippen molar-refractivity contribution in [2.75, 3.05) is 0 Å². The van der Waals surface area contributed by atoms with E-state index in [1.54, 1.807) is 13.2 Å². The Morgan fingerprint density at radius 3 is 3.00 bits per heavy atom. The van der Waals surface area contributed by atoms with Gasteiger partial charge in [0.1, 0.15) is 5.58 Å². The normalized spacial score (nSPS) is 12.1. The largest absolute Gasteiger partial charge is 0.464 e. The molecule has 82 valence electrons. The van der Waals surface area contributed by atoms with Crippen LogP contribution in [0.15, 0.2) is 34.9 Å². The van der Waals surface area contributed by atoms with Crippen molar-refractivity contribution >= 4 is 11.0 Å². The zero-order chi connectivity index (χ0) is 11.4. The Labute approximate surface area is 94.9 Å². The average molecular weight is 214 g/mol. The SMILES string of the molecule is CC#CCCC(O)c1coc2ccccc12. The summed E-state index contributed by atoms with van der Waals surface area (Å²) >= 11 is 0. The van der Waals surface area contributed by atoms with Crippen LogP contribution in [-0.4, -0.2) is 5.11 Å². The predicted molar refractivity (Wildman–Crippen MR) is 63.9 cm³/mol. The zero-order valence-electron chi connectivity index (χ0n) is 9.23. The molecule has 2 aromatic rings. The molecule has 0 bridgehead atoms. The standard InChI is InChI=1S/C14H14O2/c1-2-3-4-8-13(15)12-10-16-14-9-6-5-7-11(12)14/h5-7,9-10,13,15H,4,8H2,1H3. The fourth-order valence-electron chi connectivity index (χ4n) is 1.75. The first-order valence-electron chi connectivity index (χ1n) is 5.36. The van der Waals surface area contributed by atoms with E-state index in [0.717, 1.165) is 16.5 Å². The fraction of sp³-hybridized carbons (Fsp3) is 0.286. The number of hydrogen-bond donors (Lipinski definition) is 1. The molecule has 1 atom stereocenters. The van der Waals surface area contributed by atoms with E-state index in [4.69, 9.17) is 4.42 Å². The van der Waals surface area contributed by atoms with Gasteiger partial charge in [-0.15, -0.1) is 11.8 Å². The molecule has 0 fully saturated rings. The van der Waals surface area contributed by atoms with E-state index in [9.17, 15) is 5.11 Å². The minimum Gasteiger partial charge on any atom is -0.464 e. The number of aliphatic hydroxyl groups excluding tert-OH is 1. The van der Waals surface area contributed by atoms with E-state index < -0.39 is 6.10 Å². The molecule has 1 unspecified atom stereocenters. The molecule has 0 radical (unpaired) electrons. The van der Waals surface area contributed by atoms with Crippen molar-refractivity contribution in [1.82, 2.24) is 0 Å². The summed E-state index contributed by atoms with van der Waals surface area (Å²) in [5.74, 6) is 5.77. The number of rotatable bonds is 3. The number of benzene rings is 1. The molecule has 0 spiro atoms. The second-order valence-corrected chi connectivity index (χ2v) is 3.67. The van der Waals surface area contributed by atoms with Crippen molar-refractivity contribution in [3.05, 3.63) is 36.1 Å². The van der Waals surface area contributed by atoms with Crippen molar-refractivity contribution in [2.45, 2.75) is 25.9 Å². The van der Waals surface area contributed by atoms with Crippen molar-refractivity contribution in [1.29, 1.82) is 0 Å². The highest BCUT2D eigenvalue weighted by molar-refractivity contribution is 5.81. The van der Waals surface area contributed by atoms with Gasteiger partial charge in [-0.25, -0.2) is 0 Å². The molecule has 0 saturated carbocycles. The molecule has 1 heterocycles. The second-order valence-electron chi connectivity index (χ2n) is 3.67. The molecule has 2 heteroatoms. The van der Waals surface area contributed by atoms with E-state index in [-0.39, 0.29) is 0 Å². The molecule has 16 heavy (non-hydrogen) atoms. The lowest BCUT2D eigenvalue weighted by atomic mass is 10.0. The summed E-state index contributed by atoms with van der Waals surface area (Å²) in [4.78, 5) is 0. The first-order chi connectivity index (χ1) is 7.83. The van der Waals surface area contributed by atoms with Gasteiger partial charge in [0.2, 0.25) is 0 Å². The molecule has 1 N–H and O–H groups in total. The van der Waals surface area contributed by atoms with Gasteiger partial charge in [0.05, 0.1) is 12.4 Å². The van der Waals surface area contributed by atoms with E-state index in [1.807, 2.05) is 24.3 Å². The number of aliphatic hydroxyl groups is 1. The Hall–Kier alpha value is -1.72. The Bertz CT molecular complexity index is 528. The van der Waals surface area contributed by atoms with Gasteiger partial charge in [-0.05, 0) is 19.4 Å². The van der Waals surface area contributed by atoms with Gasteiger partial charge < -0.3 is 9.52 Å². The molecule has 0 aliphatic carbocycles. The third-order valence-corrected chi connectivity index (χ3v) is 2.59. The first kappa shape index (κ1) is 10.8. The van der Waals surface area contributed by atoms with Crippen LogP contribution in [0.2, 0.25) is 0 Å². The molecule has 0 aliphatic rings. The topological polar surface area (TPSA) is 33.4 Å². The number of hydrogen-bond acceptors (Lipinski definition) is 2. The van der Waals surface area contributed by atoms with Crippen LogP contribution in [0.1, 0.15) is 31.4 Å². The van der Waals surface area contributed by atoms with Crippen LogP contribution in [-0.2, 0) is 0 Å². The summed E-state index contributed by atoms with van der Waals surface area (Å²) in [6, 6.07) is 7.73. The van der Waals surface area contributed by atoms with Crippen LogP contribution in [0, 0.1) is 11.8 Å². The Balaban J connectivity index is 2.21. The maximum atomic E-state index is 10.0. The molecular weight excluding hydrogens is 200 g/mol. The van der Waals surface area contributed by atoms with Crippen LogP contribution < -0.4 is 0 Å². The van der Waals surface area contributed by atoms with Crippen LogP contribution in [0.25, 0.3) is 11.0 Å². The van der Waals surface area contributed by atoms with Gasteiger partial charge in [-0.1, -0.05) is 18.2 Å². The van der Waals surface area contributed by atoms with Crippen molar-refractivity contribution < 1.29 is 9.52 Å². The Morgan fingerprint density at radius 1 is 1.38 bits per heavy atom. The second kappa shape index (κ2) is 4.87. The maximum absolute atomic E-state index is 10.0. The summed E-state index contributed by atoms with van der Waals surface area (Å²) in [6.07, 6.45) is 2.49. The lowest BCUT2D eigenvalue weighted by Gasteiger charge is -2.05. The molecule has 0 amide bonds. The van der Waals surface area contributed by atoms with Gasteiger partial charge in [0.15, 0.2) is 0 Å². The van der Waals surface area contributed by atoms with E-state index in [2.05, 4.69) is 11.8 Å². The lowest BCUT2D eigenvalue weighted by Crippen LogP contribution is -1.95. The minimum absolute atomic E-state index is 0.496. The third-order valence-electron chi connectivity index (χ3n) is 2.59. The van der Waals surface area contributed by atoms with Crippen molar-refractivity contribution in [2.24, 2.45) is 0 Å². The fourth-order valence-corrected chi connectivity index (χ4v) is 1.75. The summed E-state index contributed by atoms with van der Waals surface area (Å²) in [7, 11) is 0. The highest BCUT2D eigenvalue weighted by atomic mass is 16.3. The average Bonchev–Trinajstić information content (AvgIpc) is 2.73. The highest BCUT2D eigenvalue weighted by Gasteiger charge is 2.13. The van der Waals surface area contributed by atoms with Crippen molar-refractivity contribution in [3.63, 3.8) is 0 Å². The summed E-state index contributed by atoms with van der Waals surface area (Å²) in [5.41, 5.74) is 1.67. The highest BCUT2D eigenvalue weighted by Crippen LogP contribution is 2.28. The molecule has 1 aromatic heterocycles. The van der Waals surface area contributed by atoms with Crippen LogP contribution >= 0.6 is 0 Å². The summed E-state index contributed by atoms with van der Waals surface area (Å²) in [6.45, 7) is 1.81. The van der Waals surface area contributed by atoms with E-state index in [0.29, 0.717) is 12.8 Å². The minimum atomic E-state index is -0.496. The van der Waals surface area contributed by atoms with E-state index >= 15 is 0 Å². The van der Waals surface area contributed by atoms with E-state index in [1.165, 1.54) is 0 Å². The van der Waals surface area contributed by atoms with Gasteiger partial charge in [0.25, 0.3) is 0 Å². The van der Waals surface area contributed by atoms with Crippen molar-refractivity contribution in [3.8, 4) is 11.8 Å². The summed E-state index contributed by atoms with van der Waals surface area (Å²) in [5, 5.41) is 11.0. The number of furan rings is 1. The molecule has 0 saturated heterocycles. The van der Waals surface area contributed by atoms with Crippen LogP contribution in [0.4, 0.5) is 0 Å². The Kier molecular flexibility index (Phi) is 3.28. The Morgan fingerprint density at radius 2 is 2.19 bits per heavy atom. The number of fused-ring (bicyclic) bond motifs is 1. The predicted octanol–water partition coefficient (Wildman–Crippen LogP) is 3.27. The van der Waals surface area contributed by atoms with Gasteiger partial charge in [0, 0.05) is 17.4 Å².